The van der Waals surface area contributed by atoms with Crippen molar-refractivity contribution in [3.63, 3.8) is 0 Å². The molecule has 1 atom stereocenters. The predicted molar refractivity (Wildman–Crippen MR) is 82.7 cm³/mol. The minimum atomic E-state index is -4.33. The second-order valence-electron chi connectivity index (χ2n) is 5.24. The SMILES string of the molecule is CN(Cc1ccccc1)C(Cl)Cc1cccc(C(F)(F)F)c1. The molecule has 5 heteroatoms. The lowest BCUT2D eigenvalue weighted by Crippen LogP contribution is -2.28. The first-order valence-electron chi connectivity index (χ1n) is 6.90. The molecule has 1 nitrogen and oxygen atoms in total. The van der Waals surface area contributed by atoms with Gasteiger partial charge in [0.2, 0.25) is 0 Å². The van der Waals surface area contributed by atoms with Crippen molar-refractivity contribution in [2.75, 3.05) is 7.05 Å². The fourth-order valence-electron chi connectivity index (χ4n) is 2.20. The van der Waals surface area contributed by atoms with Crippen LogP contribution in [0.4, 0.5) is 13.2 Å². The molecule has 2 aromatic rings. The molecule has 0 heterocycles. The van der Waals surface area contributed by atoms with Gasteiger partial charge in [-0.2, -0.15) is 13.2 Å². The van der Waals surface area contributed by atoms with E-state index < -0.39 is 11.7 Å². The van der Waals surface area contributed by atoms with Crippen molar-refractivity contribution < 1.29 is 13.2 Å². The number of hydrogen-bond donors (Lipinski definition) is 0. The van der Waals surface area contributed by atoms with Gasteiger partial charge in [0.15, 0.2) is 0 Å². The van der Waals surface area contributed by atoms with Crippen molar-refractivity contribution in [3.05, 3.63) is 71.3 Å². The van der Waals surface area contributed by atoms with E-state index in [2.05, 4.69) is 0 Å². The first kappa shape index (κ1) is 16.8. The Balaban J connectivity index is 2.01. The molecular weight excluding hydrogens is 311 g/mol. The minimum absolute atomic E-state index is 0.356. The average molecular weight is 328 g/mol. The lowest BCUT2D eigenvalue weighted by Gasteiger charge is -2.23. The van der Waals surface area contributed by atoms with Crippen molar-refractivity contribution in [1.29, 1.82) is 0 Å². The van der Waals surface area contributed by atoms with Crippen LogP contribution in [0.5, 0.6) is 0 Å². The van der Waals surface area contributed by atoms with E-state index in [0.717, 1.165) is 17.7 Å². The third kappa shape index (κ3) is 4.75. The molecule has 118 valence electrons. The first-order chi connectivity index (χ1) is 10.4. The maximum atomic E-state index is 12.7. The molecule has 0 saturated heterocycles. The summed E-state index contributed by atoms with van der Waals surface area (Å²) < 4.78 is 38.1. The van der Waals surface area contributed by atoms with Crippen molar-refractivity contribution in [2.45, 2.75) is 24.6 Å². The average Bonchev–Trinajstić information content (AvgIpc) is 2.47. The number of nitrogens with zero attached hydrogens (tertiary/aromatic N) is 1. The summed E-state index contributed by atoms with van der Waals surface area (Å²) in [5.74, 6) is 0. The van der Waals surface area contributed by atoms with Crippen LogP contribution in [0, 0.1) is 0 Å². The summed E-state index contributed by atoms with van der Waals surface area (Å²) in [4.78, 5) is 1.91. The molecule has 2 rings (SSSR count). The molecule has 0 spiro atoms. The number of halogens is 4. The van der Waals surface area contributed by atoms with Gasteiger partial charge in [-0.15, -0.1) is 11.6 Å². The highest BCUT2D eigenvalue weighted by molar-refractivity contribution is 6.20. The Bertz CT molecular complexity index is 598. The first-order valence-corrected chi connectivity index (χ1v) is 7.34. The smallest absolute Gasteiger partial charge is 0.286 e. The Labute approximate surface area is 133 Å². The zero-order valence-corrected chi connectivity index (χ0v) is 12.9. The van der Waals surface area contributed by atoms with E-state index in [1.54, 1.807) is 6.07 Å². The van der Waals surface area contributed by atoms with Gasteiger partial charge in [0.25, 0.3) is 0 Å². The number of benzene rings is 2. The zero-order chi connectivity index (χ0) is 16.2. The van der Waals surface area contributed by atoms with Crippen LogP contribution in [-0.4, -0.2) is 17.4 Å². The van der Waals surface area contributed by atoms with E-state index in [9.17, 15) is 13.2 Å². The Morgan fingerprint density at radius 2 is 1.64 bits per heavy atom. The lowest BCUT2D eigenvalue weighted by atomic mass is 10.1. The summed E-state index contributed by atoms with van der Waals surface area (Å²) in [5, 5.41) is 0. The zero-order valence-electron chi connectivity index (χ0n) is 12.1. The van der Waals surface area contributed by atoms with Crippen molar-refractivity contribution in [2.24, 2.45) is 0 Å². The predicted octanol–water partition coefficient (Wildman–Crippen LogP) is 4.94. The molecule has 0 radical (unpaired) electrons. The standard InChI is InChI=1S/C17H17ClF3N/c1-22(12-13-6-3-2-4-7-13)16(18)11-14-8-5-9-15(10-14)17(19,20)21/h2-10,16H,11-12H2,1H3. The number of likely N-dealkylation sites (N-methyl/N-ethyl adjacent to an activating group) is 1. The molecule has 0 aliphatic carbocycles. The van der Waals surface area contributed by atoms with Crippen LogP contribution < -0.4 is 0 Å². The van der Waals surface area contributed by atoms with Gasteiger partial charge >= 0.3 is 6.18 Å². The van der Waals surface area contributed by atoms with Crippen molar-refractivity contribution in [1.82, 2.24) is 4.90 Å². The third-order valence-electron chi connectivity index (χ3n) is 3.41. The quantitative estimate of drug-likeness (QED) is 0.555. The Kier molecular flexibility index (Phi) is 5.48. The Morgan fingerprint density at radius 3 is 2.27 bits per heavy atom. The Morgan fingerprint density at radius 1 is 1.00 bits per heavy atom. The molecule has 1 unspecified atom stereocenters. The molecule has 0 aliphatic heterocycles. The van der Waals surface area contributed by atoms with E-state index in [1.807, 2.05) is 42.3 Å². The van der Waals surface area contributed by atoms with Gasteiger partial charge in [-0.3, -0.25) is 4.90 Å². The maximum Gasteiger partial charge on any atom is 0.416 e. The topological polar surface area (TPSA) is 3.24 Å². The highest BCUT2D eigenvalue weighted by atomic mass is 35.5. The van der Waals surface area contributed by atoms with Gasteiger partial charge in [0.05, 0.1) is 11.1 Å². The van der Waals surface area contributed by atoms with E-state index in [4.69, 9.17) is 11.6 Å². The van der Waals surface area contributed by atoms with Crippen LogP contribution in [0.1, 0.15) is 16.7 Å². The minimum Gasteiger partial charge on any atom is -0.286 e. The summed E-state index contributed by atoms with van der Waals surface area (Å²) in [5.41, 5.74) is 0.678. The highest BCUT2D eigenvalue weighted by Crippen LogP contribution is 2.30. The molecule has 0 fully saturated rings. The van der Waals surface area contributed by atoms with Crippen LogP contribution in [-0.2, 0) is 19.1 Å². The molecular formula is C17H17ClF3N. The maximum absolute atomic E-state index is 12.7. The van der Waals surface area contributed by atoms with Gasteiger partial charge < -0.3 is 0 Å². The second-order valence-corrected chi connectivity index (χ2v) is 5.74. The number of rotatable bonds is 5. The summed E-state index contributed by atoms with van der Waals surface area (Å²) >= 11 is 6.33. The molecule has 0 N–H and O–H groups in total. The normalized spacial score (nSPS) is 13.4. The fraction of sp³-hybridized carbons (Fsp3) is 0.294. The largest absolute Gasteiger partial charge is 0.416 e. The Hall–Kier alpha value is -1.52. The molecule has 22 heavy (non-hydrogen) atoms. The van der Waals surface area contributed by atoms with Crippen molar-refractivity contribution >= 4 is 11.6 Å². The molecule has 0 saturated carbocycles. The molecule has 0 aliphatic rings. The van der Waals surface area contributed by atoms with Crippen LogP contribution in [0.25, 0.3) is 0 Å². The van der Waals surface area contributed by atoms with Gasteiger partial charge in [0, 0.05) is 13.0 Å². The third-order valence-corrected chi connectivity index (χ3v) is 3.90. The number of alkyl halides is 4. The van der Waals surface area contributed by atoms with Crippen molar-refractivity contribution in [3.8, 4) is 0 Å². The summed E-state index contributed by atoms with van der Waals surface area (Å²) in [6.07, 6.45) is -3.97. The summed E-state index contributed by atoms with van der Waals surface area (Å²) in [7, 11) is 1.86. The van der Waals surface area contributed by atoms with Gasteiger partial charge in [0.1, 0.15) is 0 Å². The second kappa shape index (κ2) is 7.16. The lowest BCUT2D eigenvalue weighted by molar-refractivity contribution is -0.137. The van der Waals surface area contributed by atoms with Crippen LogP contribution in [0.15, 0.2) is 54.6 Å². The van der Waals surface area contributed by atoms with E-state index in [0.29, 0.717) is 18.5 Å². The molecule has 2 aromatic carbocycles. The summed E-state index contributed by atoms with van der Waals surface area (Å²) in [6.45, 7) is 0.647. The molecule has 0 bridgehead atoms. The number of hydrogen-bond acceptors (Lipinski definition) is 1. The van der Waals surface area contributed by atoms with E-state index >= 15 is 0 Å². The van der Waals surface area contributed by atoms with Gasteiger partial charge in [-0.05, 0) is 24.2 Å². The molecule has 0 aromatic heterocycles. The van der Waals surface area contributed by atoms with Crippen LogP contribution in [0.2, 0.25) is 0 Å². The van der Waals surface area contributed by atoms with E-state index in [-0.39, 0.29) is 5.50 Å². The summed E-state index contributed by atoms with van der Waals surface area (Å²) in [6, 6.07) is 15.1. The van der Waals surface area contributed by atoms with Gasteiger partial charge in [-0.1, -0.05) is 48.5 Å². The monoisotopic (exact) mass is 327 g/mol. The van der Waals surface area contributed by atoms with Crippen LogP contribution >= 0.6 is 11.6 Å². The van der Waals surface area contributed by atoms with E-state index in [1.165, 1.54) is 6.07 Å². The van der Waals surface area contributed by atoms with Gasteiger partial charge in [-0.25, -0.2) is 0 Å². The molecule has 0 amide bonds. The highest BCUT2D eigenvalue weighted by Gasteiger charge is 2.30. The van der Waals surface area contributed by atoms with Crippen LogP contribution in [0.3, 0.4) is 0 Å². The fourth-order valence-corrected chi connectivity index (χ4v) is 2.44.